The van der Waals surface area contributed by atoms with Gasteiger partial charge in [-0.05, 0) is 6.92 Å². The minimum Gasteiger partial charge on any atom is -0.368 e. The Morgan fingerprint density at radius 1 is 0.929 bits per heavy atom. The van der Waals surface area contributed by atoms with E-state index < -0.39 is 20.3 Å². The molecule has 0 aliphatic heterocycles. The van der Waals surface area contributed by atoms with E-state index in [4.69, 9.17) is 24.7 Å². The zero-order chi connectivity index (χ0) is 9.50. The smallest absolute Gasteiger partial charge is 0.368 e. The third-order valence-corrected chi connectivity index (χ3v) is 4.87. The summed E-state index contributed by atoms with van der Waals surface area (Å²) in [5, 5.41) is 5.37. The first-order chi connectivity index (χ1) is 4.50. The van der Waals surface area contributed by atoms with Gasteiger partial charge in [-0.2, -0.15) is 0 Å². The molecule has 14 heavy (non-hydrogen) atoms. The van der Waals surface area contributed by atoms with Crippen molar-refractivity contribution >= 4 is 15.2 Å². The first-order valence-corrected chi connectivity index (χ1v) is 5.56. The summed E-state index contributed by atoms with van der Waals surface area (Å²) in [7, 11) is -10.4. The molecule has 0 aromatic rings. The molecule has 0 aromatic heterocycles. The molecule has 0 fully saturated rings. The monoisotopic (exact) mass is 299 g/mol. The van der Waals surface area contributed by atoms with Crippen LogP contribution in [0.25, 0.3) is 0 Å². The molecule has 0 saturated carbocycles. The molecule has 0 saturated heterocycles. The topological polar surface area (TPSA) is 205 Å². The summed E-state index contributed by atoms with van der Waals surface area (Å²) in [6, 6.07) is 0. The Labute approximate surface area is 90.6 Å². The van der Waals surface area contributed by atoms with Crippen molar-refractivity contribution in [2.45, 2.75) is 12.0 Å². The summed E-state index contributed by atoms with van der Waals surface area (Å²) in [5.74, 6) is 0. The fraction of sp³-hybridized carbons (Fsp3) is 1.00. The van der Waals surface area contributed by atoms with Crippen LogP contribution >= 0.6 is 15.2 Å². The van der Waals surface area contributed by atoms with Gasteiger partial charge >= 0.3 is 15.2 Å². The molecule has 0 heterocycles. The van der Waals surface area contributed by atoms with E-state index in [0.29, 0.717) is 6.92 Å². The van der Waals surface area contributed by atoms with E-state index in [1.54, 1.807) is 0 Å². The minimum absolute atomic E-state index is 0. The first-order valence-electron chi connectivity index (χ1n) is 2.34. The number of aliphatic hydroxyl groups is 1. The average molecular weight is 299 g/mol. The molecule has 0 atom stereocenters. The molecule has 1 radical (unpaired) electrons. The molecule has 0 aliphatic rings. The molecule has 12 heteroatoms. The molecule has 0 amide bonds. The van der Waals surface area contributed by atoms with Crippen molar-refractivity contribution in [1.29, 1.82) is 0 Å². The van der Waals surface area contributed by atoms with Gasteiger partial charge in [0.05, 0.1) is 0 Å². The SMILES string of the molecule is CC(O)(P(=O)(O)O)P(=O)(O)O.N.N.[Co]. The van der Waals surface area contributed by atoms with Crippen LogP contribution in [0.3, 0.4) is 0 Å². The van der Waals surface area contributed by atoms with Crippen LogP contribution in [-0.4, -0.2) is 29.8 Å². The van der Waals surface area contributed by atoms with E-state index in [1.165, 1.54) is 0 Å². The number of rotatable bonds is 2. The number of hydrogen-bond donors (Lipinski definition) is 7. The second-order valence-electron chi connectivity index (χ2n) is 2.06. The third kappa shape index (κ3) is 4.96. The van der Waals surface area contributed by atoms with Crippen molar-refractivity contribution < 1.29 is 50.6 Å². The van der Waals surface area contributed by atoms with E-state index in [-0.39, 0.29) is 29.1 Å². The quantitative estimate of drug-likeness (QED) is 0.322. The Morgan fingerprint density at radius 2 is 1.07 bits per heavy atom. The zero-order valence-corrected chi connectivity index (χ0v) is 10.0. The molecule has 0 bridgehead atoms. The second-order valence-corrected chi connectivity index (χ2v) is 6.33. The molecule has 11 N–H and O–H groups in total. The fourth-order valence-corrected chi connectivity index (χ4v) is 1.53. The molecule has 0 aromatic carbocycles. The second kappa shape index (κ2) is 6.31. The van der Waals surface area contributed by atoms with Gasteiger partial charge in [-0.15, -0.1) is 0 Å². The van der Waals surface area contributed by atoms with Crippen molar-refractivity contribution in [1.82, 2.24) is 12.3 Å². The van der Waals surface area contributed by atoms with Crippen LogP contribution in [0.4, 0.5) is 0 Å². The molecule has 0 spiro atoms. The molecule has 0 rings (SSSR count). The van der Waals surface area contributed by atoms with Crippen LogP contribution in [0.1, 0.15) is 6.92 Å². The summed E-state index contributed by atoms with van der Waals surface area (Å²) in [4.78, 5) is 33.0. The van der Waals surface area contributed by atoms with Gasteiger partial charge in [0.1, 0.15) is 0 Å². The van der Waals surface area contributed by atoms with Crippen LogP contribution in [0.2, 0.25) is 0 Å². The van der Waals surface area contributed by atoms with Crippen molar-refractivity contribution in [2.24, 2.45) is 0 Å². The van der Waals surface area contributed by atoms with Gasteiger partial charge in [0.2, 0.25) is 0 Å². The van der Waals surface area contributed by atoms with Crippen LogP contribution in [0, 0.1) is 0 Å². The van der Waals surface area contributed by atoms with Gasteiger partial charge in [-0.1, -0.05) is 0 Å². The Bertz CT molecular complexity index is 220. The van der Waals surface area contributed by atoms with E-state index in [0.717, 1.165) is 0 Å². The van der Waals surface area contributed by atoms with Crippen molar-refractivity contribution in [3.05, 3.63) is 0 Å². The Morgan fingerprint density at radius 3 is 1.07 bits per heavy atom. The fourth-order valence-electron chi connectivity index (χ4n) is 0.170. The van der Waals surface area contributed by atoms with E-state index in [1.807, 2.05) is 0 Å². The predicted octanol–water partition coefficient (Wildman–Crippen LogP) is -0.671. The molecular weight excluding hydrogens is 285 g/mol. The van der Waals surface area contributed by atoms with Crippen molar-refractivity contribution in [2.75, 3.05) is 0 Å². The van der Waals surface area contributed by atoms with Crippen LogP contribution < -0.4 is 12.3 Å². The summed E-state index contributed by atoms with van der Waals surface area (Å²) >= 11 is 0. The maximum atomic E-state index is 10.3. The van der Waals surface area contributed by atoms with Crippen LogP contribution in [-0.2, 0) is 25.9 Å². The molecule has 0 unspecified atom stereocenters. The van der Waals surface area contributed by atoms with Gasteiger partial charge < -0.3 is 37.0 Å². The van der Waals surface area contributed by atoms with E-state index in [9.17, 15) is 9.13 Å². The summed E-state index contributed by atoms with van der Waals surface area (Å²) in [6.45, 7) is 0.383. The zero-order valence-electron chi connectivity index (χ0n) is 7.19. The predicted molar refractivity (Wildman–Crippen MR) is 44.8 cm³/mol. The summed E-state index contributed by atoms with van der Waals surface area (Å²) in [6.07, 6.45) is 0. The van der Waals surface area contributed by atoms with Gasteiger partial charge in [-0.3, -0.25) is 9.13 Å². The standard InChI is InChI=1S/C2H8O7P2.Co.2H3N/c1-2(3,10(4,5)6)11(7,8)9;;;/h3H,1H3,(H2,4,5,6)(H2,7,8,9);;2*1H3. The van der Waals surface area contributed by atoms with Gasteiger partial charge in [-0.25, -0.2) is 0 Å². The molecular formula is C2H14CoN2O7P2. The Balaban J connectivity index is -0.000000167. The minimum atomic E-state index is -5.20. The van der Waals surface area contributed by atoms with Gasteiger partial charge in [0.25, 0.3) is 5.08 Å². The maximum absolute atomic E-state index is 10.3. The first kappa shape index (κ1) is 24.1. The van der Waals surface area contributed by atoms with Gasteiger partial charge in [0.15, 0.2) is 0 Å². The number of hydrogen-bond acceptors (Lipinski definition) is 5. The van der Waals surface area contributed by atoms with Gasteiger partial charge in [0, 0.05) is 16.8 Å². The van der Waals surface area contributed by atoms with E-state index in [2.05, 4.69) is 0 Å². The average Bonchev–Trinajstić information content (AvgIpc) is 1.58. The normalized spacial score (nSPS) is 11.9. The van der Waals surface area contributed by atoms with Crippen LogP contribution in [0.15, 0.2) is 0 Å². The summed E-state index contributed by atoms with van der Waals surface area (Å²) < 4.78 is 20.5. The van der Waals surface area contributed by atoms with E-state index >= 15 is 0 Å². The third-order valence-electron chi connectivity index (χ3n) is 1.10. The Hall–Kier alpha value is 0.686. The van der Waals surface area contributed by atoms with Crippen LogP contribution in [0.5, 0.6) is 0 Å². The van der Waals surface area contributed by atoms with Crippen molar-refractivity contribution in [3.63, 3.8) is 0 Å². The summed E-state index contributed by atoms with van der Waals surface area (Å²) in [5.41, 5.74) is 0. The largest absolute Gasteiger partial charge is 0.369 e. The van der Waals surface area contributed by atoms with Crippen molar-refractivity contribution in [3.8, 4) is 0 Å². The maximum Gasteiger partial charge on any atom is 0.369 e. The Kier molecular flexibility index (Phi) is 10.9. The molecule has 0 aliphatic carbocycles. The molecule has 9 nitrogen and oxygen atoms in total. The molecule has 93 valence electrons.